The van der Waals surface area contributed by atoms with Gasteiger partial charge in [-0.15, -0.1) is 0 Å². The van der Waals surface area contributed by atoms with Gasteiger partial charge in [-0.05, 0) is 36.9 Å². The molecule has 0 aliphatic rings. The molecule has 17 heavy (non-hydrogen) atoms. The molecule has 90 valence electrons. The fraction of sp³-hybridized carbons (Fsp3) is 0.231. The van der Waals surface area contributed by atoms with E-state index in [4.69, 9.17) is 11.6 Å². The van der Waals surface area contributed by atoms with Crippen molar-refractivity contribution in [3.8, 4) is 0 Å². The maximum Gasteiger partial charge on any atom is 0.141 e. The van der Waals surface area contributed by atoms with E-state index in [1.807, 2.05) is 19.3 Å². The molecule has 0 saturated carbocycles. The number of nitrogens with one attached hydrogen (secondary N) is 1. The van der Waals surface area contributed by atoms with E-state index in [1.54, 1.807) is 12.1 Å². The molecule has 0 atom stereocenters. The summed E-state index contributed by atoms with van der Waals surface area (Å²) in [7, 11) is 1.91. The normalized spacial score (nSPS) is 10.8. The standard InChI is InChI=1S/C13H14ClFN2/c1-16-8-11-3-2-6-17(11)9-10-4-5-13(15)12(14)7-10/h2-7,16H,8-9H2,1H3. The molecule has 1 heterocycles. The highest BCUT2D eigenvalue weighted by Gasteiger charge is 2.04. The van der Waals surface area contributed by atoms with Crippen LogP contribution in [0.3, 0.4) is 0 Å². The summed E-state index contributed by atoms with van der Waals surface area (Å²) in [4.78, 5) is 0. The zero-order chi connectivity index (χ0) is 12.3. The lowest BCUT2D eigenvalue weighted by Gasteiger charge is -2.09. The maximum absolute atomic E-state index is 13.0. The molecule has 0 spiro atoms. The third-order valence-electron chi connectivity index (χ3n) is 2.62. The summed E-state index contributed by atoms with van der Waals surface area (Å²) in [5.74, 6) is -0.377. The number of aromatic nitrogens is 1. The Labute approximate surface area is 105 Å². The lowest BCUT2D eigenvalue weighted by Crippen LogP contribution is -2.11. The van der Waals surface area contributed by atoms with Gasteiger partial charge in [0.05, 0.1) is 5.02 Å². The number of hydrogen-bond acceptors (Lipinski definition) is 1. The molecule has 2 nitrogen and oxygen atoms in total. The monoisotopic (exact) mass is 252 g/mol. The molecule has 0 bridgehead atoms. The van der Waals surface area contributed by atoms with Gasteiger partial charge >= 0.3 is 0 Å². The number of hydrogen-bond donors (Lipinski definition) is 1. The molecule has 0 unspecified atom stereocenters. The molecule has 0 amide bonds. The summed E-state index contributed by atoms with van der Waals surface area (Å²) in [6.07, 6.45) is 2.00. The van der Waals surface area contributed by atoms with Crippen molar-refractivity contribution in [3.63, 3.8) is 0 Å². The first kappa shape index (κ1) is 12.1. The summed E-state index contributed by atoms with van der Waals surface area (Å²) < 4.78 is 15.1. The maximum atomic E-state index is 13.0. The van der Waals surface area contributed by atoms with Gasteiger partial charge < -0.3 is 9.88 Å². The molecule has 0 aliphatic heterocycles. The van der Waals surface area contributed by atoms with Crippen LogP contribution in [0.2, 0.25) is 5.02 Å². The first-order valence-corrected chi connectivity index (χ1v) is 5.81. The SMILES string of the molecule is CNCc1cccn1Cc1ccc(F)c(Cl)c1. The zero-order valence-corrected chi connectivity index (χ0v) is 10.3. The molecule has 2 rings (SSSR count). The highest BCUT2D eigenvalue weighted by atomic mass is 35.5. The Morgan fingerprint density at radius 1 is 1.35 bits per heavy atom. The van der Waals surface area contributed by atoms with Crippen molar-refractivity contribution in [1.29, 1.82) is 0 Å². The fourth-order valence-corrected chi connectivity index (χ4v) is 1.98. The van der Waals surface area contributed by atoms with Crippen LogP contribution in [0.4, 0.5) is 4.39 Å². The molecule has 4 heteroatoms. The second-order valence-electron chi connectivity index (χ2n) is 3.91. The van der Waals surface area contributed by atoms with Crippen LogP contribution in [0.5, 0.6) is 0 Å². The minimum atomic E-state index is -0.377. The molecular formula is C13H14ClFN2. The molecule has 0 saturated heterocycles. The van der Waals surface area contributed by atoms with Crippen LogP contribution in [0.15, 0.2) is 36.5 Å². The van der Waals surface area contributed by atoms with Crippen LogP contribution < -0.4 is 5.32 Å². The smallest absolute Gasteiger partial charge is 0.141 e. The Kier molecular flexibility index (Phi) is 3.82. The first-order valence-electron chi connectivity index (χ1n) is 5.43. The van der Waals surface area contributed by atoms with Crippen molar-refractivity contribution < 1.29 is 4.39 Å². The zero-order valence-electron chi connectivity index (χ0n) is 9.58. The average molecular weight is 253 g/mol. The topological polar surface area (TPSA) is 17.0 Å². The van der Waals surface area contributed by atoms with E-state index in [0.717, 1.165) is 12.1 Å². The molecule has 0 fully saturated rings. The summed E-state index contributed by atoms with van der Waals surface area (Å²) in [6.45, 7) is 1.51. The second-order valence-corrected chi connectivity index (χ2v) is 4.31. The second kappa shape index (κ2) is 5.34. The quantitative estimate of drug-likeness (QED) is 0.885. The molecule has 1 aromatic heterocycles. The predicted molar refractivity (Wildman–Crippen MR) is 67.7 cm³/mol. The third kappa shape index (κ3) is 2.87. The minimum absolute atomic E-state index is 0.171. The number of nitrogens with zero attached hydrogens (tertiary/aromatic N) is 1. The van der Waals surface area contributed by atoms with Gasteiger partial charge in [-0.2, -0.15) is 0 Å². The number of benzene rings is 1. The van der Waals surface area contributed by atoms with Gasteiger partial charge in [-0.1, -0.05) is 17.7 Å². The summed E-state index contributed by atoms with van der Waals surface area (Å²) in [6, 6.07) is 8.88. The largest absolute Gasteiger partial charge is 0.346 e. The Morgan fingerprint density at radius 2 is 2.18 bits per heavy atom. The molecule has 0 radical (unpaired) electrons. The first-order chi connectivity index (χ1) is 8.20. The van der Waals surface area contributed by atoms with Crippen molar-refractivity contribution in [2.45, 2.75) is 13.1 Å². The Morgan fingerprint density at radius 3 is 2.88 bits per heavy atom. The molecule has 1 aromatic carbocycles. The lowest BCUT2D eigenvalue weighted by molar-refractivity contribution is 0.626. The van der Waals surface area contributed by atoms with Crippen LogP contribution >= 0.6 is 11.6 Å². The van der Waals surface area contributed by atoms with E-state index in [2.05, 4.69) is 16.0 Å². The summed E-state index contributed by atoms with van der Waals surface area (Å²) >= 11 is 5.76. The van der Waals surface area contributed by atoms with E-state index < -0.39 is 0 Å². The van der Waals surface area contributed by atoms with Gasteiger partial charge in [0, 0.05) is 25.0 Å². The van der Waals surface area contributed by atoms with E-state index in [0.29, 0.717) is 6.54 Å². The van der Waals surface area contributed by atoms with Crippen LogP contribution in [0.25, 0.3) is 0 Å². The van der Waals surface area contributed by atoms with Crippen molar-refractivity contribution in [2.75, 3.05) is 7.05 Å². The van der Waals surface area contributed by atoms with Crippen molar-refractivity contribution in [1.82, 2.24) is 9.88 Å². The number of rotatable bonds is 4. The Bertz CT molecular complexity index is 508. The summed E-state index contributed by atoms with van der Waals surface area (Å²) in [5, 5.41) is 3.28. The predicted octanol–water partition coefficient (Wildman–Crippen LogP) is 3.05. The van der Waals surface area contributed by atoms with Crippen LogP contribution in [0, 0.1) is 5.82 Å². The highest BCUT2D eigenvalue weighted by Crippen LogP contribution is 2.17. The van der Waals surface area contributed by atoms with Crippen molar-refractivity contribution in [2.24, 2.45) is 0 Å². The van der Waals surface area contributed by atoms with Crippen LogP contribution in [-0.4, -0.2) is 11.6 Å². The van der Waals surface area contributed by atoms with E-state index in [-0.39, 0.29) is 10.8 Å². The molecule has 1 N–H and O–H groups in total. The Hall–Kier alpha value is -1.32. The molecular weight excluding hydrogens is 239 g/mol. The van der Waals surface area contributed by atoms with Gasteiger partial charge in [0.25, 0.3) is 0 Å². The van der Waals surface area contributed by atoms with E-state index in [9.17, 15) is 4.39 Å². The average Bonchev–Trinajstić information content (AvgIpc) is 2.72. The fourth-order valence-electron chi connectivity index (χ4n) is 1.78. The number of halogens is 2. The van der Waals surface area contributed by atoms with E-state index in [1.165, 1.54) is 11.8 Å². The minimum Gasteiger partial charge on any atom is -0.346 e. The van der Waals surface area contributed by atoms with Crippen molar-refractivity contribution >= 4 is 11.6 Å². The van der Waals surface area contributed by atoms with Crippen LogP contribution in [-0.2, 0) is 13.1 Å². The third-order valence-corrected chi connectivity index (χ3v) is 2.91. The van der Waals surface area contributed by atoms with Crippen LogP contribution in [0.1, 0.15) is 11.3 Å². The lowest BCUT2D eigenvalue weighted by atomic mass is 10.2. The van der Waals surface area contributed by atoms with Gasteiger partial charge in [0.2, 0.25) is 0 Å². The summed E-state index contributed by atoms with van der Waals surface area (Å²) in [5.41, 5.74) is 2.18. The van der Waals surface area contributed by atoms with Gasteiger partial charge in [0.1, 0.15) is 5.82 Å². The Balaban J connectivity index is 2.19. The van der Waals surface area contributed by atoms with Gasteiger partial charge in [-0.25, -0.2) is 4.39 Å². The van der Waals surface area contributed by atoms with E-state index >= 15 is 0 Å². The van der Waals surface area contributed by atoms with Gasteiger partial charge in [0.15, 0.2) is 0 Å². The highest BCUT2D eigenvalue weighted by molar-refractivity contribution is 6.30. The molecule has 2 aromatic rings. The van der Waals surface area contributed by atoms with Gasteiger partial charge in [-0.3, -0.25) is 0 Å². The van der Waals surface area contributed by atoms with Crippen molar-refractivity contribution in [3.05, 3.63) is 58.6 Å². The molecule has 0 aliphatic carbocycles.